The first kappa shape index (κ1) is 12.2. The van der Waals surface area contributed by atoms with Gasteiger partial charge in [0.05, 0.1) is 5.02 Å². The van der Waals surface area contributed by atoms with E-state index in [-0.39, 0.29) is 5.69 Å². The number of benzene rings is 1. The molecule has 18 heavy (non-hydrogen) atoms. The average molecular weight is 253 g/mol. The van der Waals surface area contributed by atoms with Gasteiger partial charge in [-0.25, -0.2) is 4.98 Å². The maximum absolute atomic E-state index is 8.71. The molecule has 0 spiro atoms. The summed E-state index contributed by atoms with van der Waals surface area (Å²) in [5, 5.41) is 9.04. The molecule has 0 saturated carbocycles. The van der Waals surface area contributed by atoms with Crippen molar-refractivity contribution < 1.29 is 0 Å². The lowest BCUT2D eigenvalue weighted by Gasteiger charge is -1.94. The Hall–Kier alpha value is -2.29. The van der Waals surface area contributed by atoms with Gasteiger partial charge in [0.25, 0.3) is 0 Å². The van der Waals surface area contributed by atoms with Gasteiger partial charge in [0.15, 0.2) is 5.69 Å². The molecule has 2 rings (SSSR count). The summed E-state index contributed by atoms with van der Waals surface area (Å²) in [6, 6.07) is 11.5. The third-order valence-corrected chi connectivity index (χ3v) is 2.64. The van der Waals surface area contributed by atoms with Gasteiger partial charge >= 0.3 is 0 Å². The van der Waals surface area contributed by atoms with E-state index in [0.717, 1.165) is 5.56 Å². The van der Waals surface area contributed by atoms with Crippen molar-refractivity contribution >= 4 is 11.6 Å². The Kier molecular flexibility index (Phi) is 3.63. The highest BCUT2D eigenvalue weighted by Crippen LogP contribution is 2.13. The summed E-state index contributed by atoms with van der Waals surface area (Å²) in [7, 11) is 0. The minimum atomic E-state index is 0.220. The third kappa shape index (κ3) is 2.88. The molecule has 1 heterocycles. The molecule has 0 amide bonds. The van der Waals surface area contributed by atoms with Gasteiger partial charge < -0.3 is 0 Å². The standard InChI is InChI=1S/C15H9ClN2/c1-11-2-4-12(5-3-11)6-7-13-8-14(16)15(9-17)18-10-13/h2-5,8,10H,1H3. The van der Waals surface area contributed by atoms with E-state index in [1.54, 1.807) is 12.3 Å². The van der Waals surface area contributed by atoms with Crippen LogP contribution in [0, 0.1) is 30.1 Å². The molecule has 0 aliphatic rings. The molecule has 0 saturated heterocycles. The van der Waals surface area contributed by atoms with Crippen LogP contribution in [0.4, 0.5) is 0 Å². The maximum Gasteiger partial charge on any atom is 0.159 e. The van der Waals surface area contributed by atoms with Gasteiger partial charge in [-0.05, 0) is 25.1 Å². The Morgan fingerprint density at radius 1 is 1.11 bits per heavy atom. The fourth-order valence-corrected chi connectivity index (χ4v) is 1.58. The highest BCUT2D eigenvalue weighted by atomic mass is 35.5. The van der Waals surface area contributed by atoms with E-state index in [2.05, 4.69) is 16.8 Å². The maximum atomic E-state index is 8.71. The molecular weight excluding hydrogens is 244 g/mol. The number of aromatic nitrogens is 1. The van der Waals surface area contributed by atoms with Crippen molar-refractivity contribution in [3.63, 3.8) is 0 Å². The van der Waals surface area contributed by atoms with Crippen LogP contribution in [-0.2, 0) is 0 Å². The van der Waals surface area contributed by atoms with Crippen LogP contribution in [0.2, 0.25) is 5.02 Å². The van der Waals surface area contributed by atoms with E-state index in [4.69, 9.17) is 16.9 Å². The second kappa shape index (κ2) is 5.36. The Labute approximate surface area is 111 Å². The largest absolute Gasteiger partial charge is 0.243 e. The highest BCUT2D eigenvalue weighted by molar-refractivity contribution is 6.31. The van der Waals surface area contributed by atoms with Crippen LogP contribution in [0.15, 0.2) is 36.5 Å². The summed E-state index contributed by atoms with van der Waals surface area (Å²) in [5.41, 5.74) is 3.04. The molecule has 0 fully saturated rings. The highest BCUT2D eigenvalue weighted by Gasteiger charge is 2.00. The monoisotopic (exact) mass is 252 g/mol. The molecule has 3 heteroatoms. The molecule has 86 valence electrons. The Morgan fingerprint density at radius 2 is 1.78 bits per heavy atom. The minimum absolute atomic E-state index is 0.220. The van der Waals surface area contributed by atoms with Crippen molar-refractivity contribution in [2.45, 2.75) is 6.92 Å². The van der Waals surface area contributed by atoms with Crippen LogP contribution in [0.1, 0.15) is 22.4 Å². The lowest BCUT2D eigenvalue weighted by Crippen LogP contribution is -1.86. The smallest absolute Gasteiger partial charge is 0.159 e. The summed E-state index contributed by atoms with van der Waals surface area (Å²) in [6.45, 7) is 2.03. The first-order valence-electron chi connectivity index (χ1n) is 5.33. The Morgan fingerprint density at radius 3 is 2.39 bits per heavy atom. The predicted molar refractivity (Wildman–Crippen MR) is 71.1 cm³/mol. The van der Waals surface area contributed by atoms with Crippen molar-refractivity contribution in [2.75, 3.05) is 0 Å². The van der Waals surface area contributed by atoms with Crippen molar-refractivity contribution in [2.24, 2.45) is 0 Å². The van der Waals surface area contributed by atoms with E-state index < -0.39 is 0 Å². The summed E-state index contributed by atoms with van der Waals surface area (Å²) >= 11 is 5.88. The number of hydrogen-bond acceptors (Lipinski definition) is 2. The topological polar surface area (TPSA) is 36.7 Å². The lowest BCUT2D eigenvalue weighted by atomic mass is 10.1. The van der Waals surface area contributed by atoms with Gasteiger partial charge in [0.1, 0.15) is 6.07 Å². The van der Waals surface area contributed by atoms with Crippen LogP contribution >= 0.6 is 11.6 Å². The number of halogens is 1. The van der Waals surface area contributed by atoms with Crippen LogP contribution in [0.3, 0.4) is 0 Å². The zero-order valence-corrected chi connectivity index (χ0v) is 10.5. The van der Waals surface area contributed by atoms with Gasteiger partial charge in [-0.3, -0.25) is 0 Å². The number of nitriles is 1. The molecule has 0 aliphatic carbocycles. The van der Waals surface area contributed by atoms with Gasteiger partial charge in [-0.15, -0.1) is 0 Å². The summed E-state index contributed by atoms with van der Waals surface area (Å²) in [4.78, 5) is 3.93. The second-order valence-corrected chi connectivity index (χ2v) is 4.19. The first-order valence-corrected chi connectivity index (χ1v) is 5.71. The fourth-order valence-electron chi connectivity index (χ4n) is 1.37. The molecule has 0 radical (unpaired) electrons. The SMILES string of the molecule is Cc1ccc(C#Cc2cnc(C#N)c(Cl)c2)cc1. The van der Waals surface area contributed by atoms with Gasteiger partial charge in [0.2, 0.25) is 0 Å². The van der Waals surface area contributed by atoms with Crippen molar-refractivity contribution in [1.82, 2.24) is 4.98 Å². The molecule has 0 aliphatic heterocycles. The molecule has 2 aromatic rings. The Bertz CT molecular complexity index is 670. The molecule has 0 unspecified atom stereocenters. The van der Waals surface area contributed by atoms with Crippen LogP contribution < -0.4 is 0 Å². The zero-order valence-electron chi connectivity index (χ0n) is 9.74. The first-order chi connectivity index (χ1) is 8.69. The van der Waals surface area contributed by atoms with E-state index in [1.165, 1.54) is 5.56 Å². The zero-order chi connectivity index (χ0) is 13.0. The van der Waals surface area contributed by atoms with Gasteiger partial charge in [-0.1, -0.05) is 41.1 Å². The molecule has 1 aromatic carbocycles. The Balaban J connectivity index is 2.28. The van der Waals surface area contributed by atoms with E-state index in [9.17, 15) is 0 Å². The van der Waals surface area contributed by atoms with Crippen molar-refractivity contribution in [3.8, 4) is 17.9 Å². The second-order valence-electron chi connectivity index (χ2n) is 3.78. The summed E-state index contributed by atoms with van der Waals surface area (Å²) in [6.07, 6.45) is 1.55. The molecule has 0 N–H and O–H groups in total. The quantitative estimate of drug-likeness (QED) is 0.675. The average Bonchev–Trinajstić information content (AvgIpc) is 2.38. The summed E-state index contributed by atoms with van der Waals surface area (Å²) in [5.74, 6) is 5.99. The predicted octanol–water partition coefficient (Wildman–Crippen LogP) is 3.31. The van der Waals surface area contributed by atoms with E-state index >= 15 is 0 Å². The van der Waals surface area contributed by atoms with E-state index in [1.807, 2.05) is 37.3 Å². The molecular formula is C15H9ClN2. The van der Waals surface area contributed by atoms with E-state index in [0.29, 0.717) is 10.6 Å². The molecule has 1 aromatic heterocycles. The van der Waals surface area contributed by atoms with Crippen molar-refractivity contribution in [1.29, 1.82) is 5.26 Å². The lowest BCUT2D eigenvalue weighted by molar-refractivity contribution is 1.25. The van der Waals surface area contributed by atoms with Gasteiger partial charge in [-0.2, -0.15) is 5.26 Å². The number of pyridine rings is 1. The molecule has 0 atom stereocenters. The normalized spacial score (nSPS) is 9.17. The number of rotatable bonds is 0. The number of aryl methyl sites for hydroxylation is 1. The van der Waals surface area contributed by atoms with Crippen molar-refractivity contribution in [3.05, 3.63) is 63.9 Å². The molecule has 0 bridgehead atoms. The fraction of sp³-hybridized carbons (Fsp3) is 0.0667. The number of nitrogens with zero attached hydrogens (tertiary/aromatic N) is 2. The van der Waals surface area contributed by atoms with Crippen LogP contribution in [0.25, 0.3) is 0 Å². The minimum Gasteiger partial charge on any atom is -0.243 e. The molecule has 2 nitrogen and oxygen atoms in total. The van der Waals surface area contributed by atoms with Gasteiger partial charge in [0, 0.05) is 17.3 Å². The van der Waals surface area contributed by atoms with Crippen LogP contribution in [0.5, 0.6) is 0 Å². The van der Waals surface area contributed by atoms with Crippen LogP contribution in [-0.4, -0.2) is 4.98 Å². The third-order valence-electron chi connectivity index (χ3n) is 2.35. The summed E-state index contributed by atoms with van der Waals surface area (Å²) < 4.78 is 0. The number of hydrogen-bond donors (Lipinski definition) is 0.